The third-order valence-corrected chi connectivity index (χ3v) is 2.90. The van der Waals surface area contributed by atoms with Crippen LogP contribution in [0.5, 0.6) is 0 Å². The van der Waals surface area contributed by atoms with Gasteiger partial charge in [0.25, 0.3) is 0 Å². The Morgan fingerprint density at radius 1 is 1.27 bits per heavy atom. The van der Waals surface area contributed by atoms with E-state index in [1.807, 2.05) is 13.8 Å². The van der Waals surface area contributed by atoms with Crippen molar-refractivity contribution in [1.82, 2.24) is 5.32 Å². The molecule has 0 radical (unpaired) electrons. The summed E-state index contributed by atoms with van der Waals surface area (Å²) in [5, 5.41) is 2.89. The Bertz CT molecular complexity index is 202. The van der Waals surface area contributed by atoms with Crippen LogP contribution in [0, 0.1) is 0 Å². The van der Waals surface area contributed by atoms with Crippen LogP contribution in [0.1, 0.15) is 34.6 Å². The molecular weight excluding hydrogens is 232 g/mol. The largest absolute Gasteiger partial charge is 0.349 e. The van der Waals surface area contributed by atoms with Crippen LogP contribution in [0.2, 0.25) is 0 Å². The standard InChI is InChI=1S/C10H22N2OS.ClH/c1-9(2,3)14-6-8(13)12-10(4,5)7-11;/h6-7,11H2,1-5H3,(H,12,13);1H. The highest BCUT2D eigenvalue weighted by Gasteiger charge is 2.19. The van der Waals surface area contributed by atoms with Crippen molar-refractivity contribution in [2.45, 2.75) is 44.9 Å². The van der Waals surface area contributed by atoms with E-state index in [-0.39, 0.29) is 28.6 Å². The van der Waals surface area contributed by atoms with Gasteiger partial charge in [-0.15, -0.1) is 24.2 Å². The molecule has 0 aliphatic carbocycles. The van der Waals surface area contributed by atoms with Gasteiger partial charge >= 0.3 is 0 Å². The lowest BCUT2D eigenvalue weighted by molar-refractivity contribution is -0.120. The smallest absolute Gasteiger partial charge is 0.230 e. The number of rotatable bonds is 4. The number of thioether (sulfide) groups is 1. The van der Waals surface area contributed by atoms with Crippen LogP contribution in [-0.4, -0.2) is 28.5 Å². The second kappa shape index (κ2) is 6.61. The molecular formula is C10H23ClN2OS. The molecule has 0 atom stereocenters. The van der Waals surface area contributed by atoms with Crippen LogP contribution in [-0.2, 0) is 4.79 Å². The maximum absolute atomic E-state index is 11.5. The Balaban J connectivity index is 0. The minimum Gasteiger partial charge on any atom is -0.349 e. The van der Waals surface area contributed by atoms with Crippen LogP contribution < -0.4 is 11.1 Å². The molecule has 0 aromatic rings. The van der Waals surface area contributed by atoms with Gasteiger partial charge in [0.1, 0.15) is 0 Å². The number of carbonyl (C=O) groups is 1. The lowest BCUT2D eigenvalue weighted by Gasteiger charge is -2.25. The van der Waals surface area contributed by atoms with Crippen molar-refractivity contribution in [3.8, 4) is 0 Å². The third kappa shape index (κ3) is 10.4. The van der Waals surface area contributed by atoms with Crippen molar-refractivity contribution in [3.05, 3.63) is 0 Å². The first-order valence-corrected chi connectivity index (χ1v) is 5.80. The van der Waals surface area contributed by atoms with E-state index in [9.17, 15) is 4.79 Å². The van der Waals surface area contributed by atoms with Gasteiger partial charge < -0.3 is 11.1 Å². The zero-order valence-corrected chi connectivity index (χ0v) is 11.8. The predicted molar refractivity (Wildman–Crippen MR) is 70.7 cm³/mol. The average molecular weight is 255 g/mol. The lowest BCUT2D eigenvalue weighted by Crippen LogP contribution is -2.49. The number of halogens is 1. The highest BCUT2D eigenvalue weighted by atomic mass is 35.5. The molecule has 5 heteroatoms. The molecule has 3 N–H and O–H groups in total. The van der Waals surface area contributed by atoms with Crippen LogP contribution in [0.4, 0.5) is 0 Å². The lowest BCUT2D eigenvalue weighted by atomic mass is 10.1. The van der Waals surface area contributed by atoms with E-state index in [1.165, 1.54) is 0 Å². The topological polar surface area (TPSA) is 55.1 Å². The number of carbonyl (C=O) groups excluding carboxylic acids is 1. The second-order valence-corrected chi connectivity index (χ2v) is 6.84. The van der Waals surface area contributed by atoms with Crippen molar-refractivity contribution in [2.75, 3.05) is 12.3 Å². The molecule has 0 spiro atoms. The molecule has 15 heavy (non-hydrogen) atoms. The predicted octanol–water partition coefficient (Wildman–Crippen LogP) is 1.79. The molecule has 0 saturated heterocycles. The summed E-state index contributed by atoms with van der Waals surface area (Å²) < 4.78 is 0.129. The van der Waals surface area contributed by atoms with E-state index >= 15 is 0 Å². The van der Waals surface area contributed by atoms with E-state index < -0.39 is 0 Å². The fourth-order valence-electron chi connectivity index (χ4n) is 0.747. The van der Waals surface area contributed by atoms with Crippen molar-refractivity contribution in [1.29, 1.82) is 0 Å². The van der Waals surface area contributed by atoms with E-state index in [0.29, 0.717) is 12.3 Å². The normalized spacial score (nSPS) is 11.9. The Morgan fingerprint density at radius 3 is 2.07 bits per heavy atom. The highest BCUT2D eigenvalue weighted by Crippen LogP contribution is 2.22. The molecule has 1 amide bonds. The molecule has 0 aromatic carbocycles. The molecule has 0 fully saturated rings. The molecule has 0 bridgehead atoms. The number of hydrogen-bond acceptors (Lipinski definition) is 3. The van der Waals surface area contributed by atoms with Gasteiger partial charge in [-0.3, -0.25) is 4.79 Å². The molecule has 0 unspecified atom stereocenters. The third-order valence-electron chi connectivity index (χ3n) is 1.62. The summed E-state index contributed by atoms with van der Waals surface area (Å²) in [6, 6.07) is 0. The number of nitrogens with two attached hydrogens (primary N) is 1. The number of hydrogen-bond donors (Lipinski definition) is 2. The summed E-state index contributed by atoms with van der Waals surface area (Å²) in [4.78, 5) is 11.5. The molecule has 0 saturated carbocycles. The van der Waals surface area contributed by atoms with Gasteiger partial charge in [0.05, 0.1) is 5.75 Å². The van der Waals surface area contributed by atoms with E-state index in [4.69, 9.17) is 5.73 Å². The Kier molecular flexibility index (Phi) is 7.69. The van der Waals surface area contributed by atoms with E-state index in [0.717, 1.165) is 0 Å². The molecule has 3 nitrogen and oxygen atoms in total. The van der Waals surface area contributed by atoms with Crippen LogP contribution >= 0.6 is 24.2 Å². The van der Waals surface area contributed by atoms with Gasteiger partial charge in [-0.25, -0.2) is 0 Å². The van der Waals surface area contributed by atoms with E-state index in [1.54, 1.807) is 11.8 Å². The van der Waals surface area contributed by atoms with Gasteiger partial charge in [0, 0.05) is 16.8 Å². The molecule has 0 aliphatic rings. The van der Waals surface area contributed by atoms with Crippen molar-refractivity contribution in [3.63, 3.8) is 0 Å². The fourth-order valence-corrected chi connectivity index (χ4v) is 1.38. The first kappa shape index (κ1) is 17.5. The SMILES string of the molecule is CC(C)(CN)NC(=O)CSC(C)(C)C.Cl. The maximum atomic E-state index is 11.5. The number of nitrogens with one attached hydrogen (secondary N) is 1. The first-order chi connectivity index (χ1) is 6.16. The summed E-state index contributed by atoms with van der Waals surface area (Å²) in [7, 11) is 0. The van der Waals surface area contributed by atoms with Crippen LogP contribution in [0.3, 0.4) is 0 Å². The van der Waals surface area contributed by atoms with Crippen LogP contribution in [0.25, 0.3) is 0 Å². The summed E-state index contributed by atoms with van der Waals surface area (Å²) >= 11 is 1.64. The van der Waals surface area contributed by atoms with Gasteiger partial charge in [-0.1, -0.05) is 20.8 Å². The molecule has 0 aromatic heterocycles. The first-order valence-electron chi connectivity index (χ1n) is 4.81. The monoisotopic (exact) mass is 254 g/mol. The van der Waals surface area contributed by atoms with Crippen molar-refractivity contribution >= 4 is 30.1 Å². The Morgan fingerprint density at radius 2 is 1.73 bits per heavy atom. The number of amides is 1. The average Bonchev–Trinajstić information content (AvgIpc) is 1.99. The van der Waals surface area contributed by atoms with Gasteiger partial charge in [-0.05, 0) is 13.8 Å². The molecule has 0 heterocycles. The van der Waals surface area contributed by atoms with Gasteiger partial charge in [0.15, 0.2) is 0 Å². The quantitative estimate of drug-likeness (QED) is 0.804. The summed E-state index contributed by atoms with van der Waals surface area (Å²) in [6.07, 6.45) is 0. The molecule has 92 valence electrons. The zero-order valence-electron chi connectivity index (χ0n) is 10.2. The van der Waals surface area contributed by atoms with Crippen molar-refractivity contribution < 1.29 is 4.79 Å². The second-order valence-electron chi connectivity index (χ2n) is 5.04. The van der Waals surface area contributed by atoms with Gasteiger partial charge in [-0.2, -0.15) is 0 Å². The highest BCUT2D eigenvalue weighted by molar-refractivity contribution is 8.01. The summed E-state index contributed by atoms with van der Waals surface area (Å²) in [5.74, 6) is 0.549. The van der Waals surface area contributed by atoms with E-state index in [2.05, 4.69) is 26.1 Å². The minimum atomic E-state index is -0.296. The van der Waals surface area contributed by atoms with Gasteiger partial charge in [0.2, 0.25) is 5.91 Å². The molecule has 0 rings (SSSR count). The molecule has 0 aliphatic heterocycles. The maximum Gasteiger partial charge on any atom is 0.230 e. The summed E-state index contributed by atoms with van der Waals surface area (Å²) in [5.41, 5.74) is 5.22. The van der Waals surface area contributed by atoms with Crippen molar-refractivity contribution in [2.24, 2.45) is 5.73 Å². The minimum absolute atomic E-state index is 0. The van der Waals surface area contributed by atoms with Crippen LogP contribution in [0.15, 0.2) is 0 Å². The Hall–Kier alpha value is 0.0700. The zero-order chi connectivity index (χ0) is 11.4. The summed E-state index contributed by atoms with van der Waals surface area (Å²) in [6.45, 7) is 10.6. The Labute approximate surface area is 103 Å². The fraction of sp³-hybridized carbons (Fsp3) is 0.900.